The van der Waals surface area contributed by atoms with Gasteiger partial charge in [0.1, 0.15) is 0 Å². The van der Waals surface area contributed by atoms with E-state index in [0.717, 1.165) is 19.5 Å². The van der Waals surface area contributed by atoms with E-state index < -0.39 is 11.9 Å². The van der Waals surface area contributed by atoms with Crippen molar-refractivity contribution in [3.63, 3.8) is 0 Å². The van der Waals surface area contributed by atoms with Gasteiger partial charge in [0.25, 0.3) is 0 Å². The molecule has 0 aromatic rings. The lowest BCUT2D eigenvalue weighted by atomic mass is 10.0. The molecular formula is C12H19NO3. The maximum absolute atomic E-state index is 11.0. The van der Waals surface area contributed by atoms with Gasteiger partial charge in [0.05, 0.1) is 19.1 Å². The van der Waals surface area contributed by atoms with E-state index in [9.17, 15) is 4.79 Å². The van der Waals surface area contributed by atoms with Crippen molar-refractivity contribution in [1.82, 2.24) is 4.90 Å². The lowest BCUT2D eigenvalue weighted by Gasteiger charge is -2.28. The number of aliphatic carboxylic acids is 1. The molecule has 0 saturated carbocycles. The Bertz CT molecular complexity index is 292. The number of hydrogen-bond acceptors (Lipinski definition) is 3. The average Bonchev–Trinajstić information content (AvgIpc) is 2.73. The summed E-state index contributed by atoms with van der Waals surface area (Å²) in [6.07, 6.45) is 0.785. The Balaban J connectivity index is 2.55. The van der Waals surface area contributed by atoms with Crippen LogP contribution in [0.1, 0.15) is 20.3 Å². The predicted octanol–water partition coefficient (Wildman–Crippen LogP) is 0.821. The topological polar surface area (TPSA) is 49.8 Å². The first-order valence-corrected chi connectivity index (χ1v) is 5.64. The van der Waals surface area contributed by atoms with Crippen molar-refractivity contribution in [2.45, 2.75) is 26.3 Å². The molecule has 4 heteroatoms. The highest BCUT2D eigenvalue weighted by Crippen LogP contribution is 2.20. The summed E-state index contributed by atoms with van der Waals surface area (Å²) in [6, 6.07) is 0.00107. The second kappa shape index (κ2) is 6.51. The van der Waals surface area contributed by atoms with Crippen molar-refractivity contribution in [3.8, 4) is 11.8 Å². The van der Waals surface area contributed by atoms with Gasteiger partial charge in [0.2, 0.25) is 0 Å². The normalized spacial score (nSPS) is 24.2. The first-order chi connectivity index (χ1) is 7.70. The molecule has 0 spiro atoms. The summed E-state index contributed by atoms with van der Waals surface area (Å²) in [5.74, 6) is 4.69. The van der Waals surface area contributed by atoms with Gasteiger partial charge in [-0.2, -0.15) is 0 Å². The van der Waals surface area contributed by atoms with Crippen LogP contribution in [0.25, 0.3) is 0 Å². The summed E-state index contributed by atoms with van der Waals surface area (Å²) in [7, 11) is 0. The zero-order chi connectivity index (χ0) is 12.0. The fourth-order valence-corrected chi connectivity index (χ4v) is 2.02. The van der Waals surface area contributed by atoms with Gasteiger partial charge in [-0.25, -0.2) is 0 Å². The van der Waals surface area contributed by atoms with Gasteiger partial charge >= 0.3 is 5.97 Å². The second-order valence-corrected chi connectivity index (χ2v) is 3.85. The van der Waals surface area contributed by atoms with Gasteiger partial charge in [0, 0.05) is 19.0 Å². The molecule has 1 N–H and O–H groups in total. The molecule has 0 aromatic heterocycles. The summed E-state index contributed by atoms with van der Waals surface area (Å²) in [4.78, 5) is 13.2. The largest absolute Gasteiger partial charge is 0.481 e. The third kappa shape index (κ3) is 3.22. The highest BCUT2D eigenvalue weighted by molar-refractivity contribution is 5.71. The van der Waals surface area contributed by atoms with Crippen molar-refractivity contribution in [2.75, 3.05) is 26.3 Å². The van der Waals surface area contributed by atoms with Gasteiger partial charge < -0.3 is 9.84 Å². The molecular weight excluding hydrogens is 206 g/mol. The van der Waals surface area contributed by atoms with E-state index in [4.69, 9.17) is 9.84 Å². The first-order valence-electron chi connectivity index (χ1n) is 5.64. The molecule has 4 nitrogen and oxygen atoms in total. The van der Waals surface area contributed by atoms with E-state index in [2.05, 4.69) is 16.7 Å². The van der Waals surface area contributed by atoms with Crippen LogP contribution in [-0.2, 0) is 9.53 Å². The van der Waals surface area contributed by atoms with E-state index >= 15 is 0 Å². The molecule has 2 unspecified atom stereocenters. The highest BCUT2D eigenvalue weighted by atomic mass is 16.5. The molecule has 1 saturated heterocycles. The number of carboxylic acids is 1. The van der Waals surface area contributed by atoms with Crippen LogP contribution in [0.15, 0.2) is 0 Å². The maximum atomic E-state index is 11.0. The summed E-state index contributed by atoms with van der Waals surface area (Å²) in [5.41, 5.74) is 0. The first kappa shape index (κ1) is 13.0. The van der Waals surface area contributed by atoms with Crippen LogP contribution in [-0.4, -0.2) is 48.3 Å². The van der Waals surface area contributed by atoms with Gasteiger partial charge in [-0.05, 0) is 13.5 Å². The van der Waals surface area contributed by atoms with Crippen LogP contribution in [0.2, 0.25) is 0 Å². The zero-order valence-electron chi connectivity index (χ0n) is 9.90. The lowest BCUT2D eigenvalue weighted by Crippen LogP contribution is -2.43. The van der Waals surface area contributed by atoms with Crippen LogP contribution < -0.4 is 0 Å². The Hall–Kier alpha value is -1.05. The number of carbonyl (C=O) groups is 1. The van der Waals surface area contributed by atoms with Crippen molar-refractivity contribution in [3.05, 3.63) is 0 Å². The number of carboxylic acid groups (broad SMARTS) is 1. The predicted molar refractivity (Wildman–Crippen MR) is 61.0 cm³/mol. The number of nitrogens with zero attached hydrogens (tertiary/aromatic N) is 1. The van der Waals surface area contributed by atoms with Gasteiger partial charge in [-0.3, -0.25) is 9.69 Å². The summed E-state index contributed by atoms with van der Waals surface area (Å²) >= 11 is 0. The standard InChI is InChI=1S/C12H19NO3/c1-3-5-6-7-13(4-2)11-9-16-8-10(11)12(14)15/h10-11H,4,6-9H2,1-2H3,(H,14,15). The summed E-state index contributed by atoms with van der Waals surface area (Å²) < 4.78 is 5.26. The molecule has 16 heavy (non-hydrogen) atoms. The minimum Gasteiger partial charge on any atom is -0.481 e. The molecule has 0 bridgehead atoms. The fourth-order valence-electron chi connectivity index (χ4n) is 2.02. The molecule has 1 aliphatic heterocycles. The summed E-state index contributed by atoms with van der Waals surface area (Å²) in [6.45, 7) is 6.35. The third-order valence-electron chi connectivity index (χ3n) is 2.94. The Labute approximate surface area is 96.6 Å². The number of likely N-dealkylation sites (N-methyl/N-ethyl adjacent to an activating group) is 1. The SMILES string of the molecule is CC#CCCN(CC)C1COCC1C(=O)O. The molecule has 1 rings (SSSR count). The average molecular weight is 225 g/mol. The third-order valence-corrected chi connectivity index (χ3v) is 2.94. The molecule has 2 atom stereocenters. The second-order valence-electron chi connectivity index (χ2n) is 3.85. The molecule has 90 valence electrons. The quantitative estimate of drug-likeness (QED) is 0.704. The van der Waals surface area contributed by atoms with Crippen molar-refractivity contribution in [1.29, 1.82) is 0 Å². The Morgan fingerprint density at radius 2 is 2.31 bits per heavy atom. The number of ether oxygens (including phenoxy) is 1. The minimum absolute atomic E-state index is 0.00107. The smallest absolute Gasteiger partial charge is 0.310 e. The Morgan fingerprint density at radius 1 is 1.56 bits per heavy atom. The van der Waals surface area contributed by atoms with Crippen LogP contribution in [0, 0.1) is 17.8 Å². The van der Waals surface area contributed by atoms with Crippen LogP contribution in [0.4, 0.5) is 0 Å². The van der Waals surface area contributed by atoms with Crippen LogP contribution in [0.5, 0.6) is 0 Å². The molecule has 0 aromatic carbocycles. The lowest BCUT2D eigenvalue weighted by molar-refractivity contribution is -0.143. The Kier molecular flexibility index (Phi) is 5.30. The fraction of sp³-hybridized carbons (Fsp3) is 0.750. The van der Waals surface area contributed by atoms with Crippen molar-refractivity contribution < 1.29 is 14.6 Å². The molecule has 0 radical (unpaired) electrons. The van der Waals surface area contributed by atoms with Crippen LogP contribution >= 0.6 is 0 Å². The number of rotatable bonds is 5. The van der Waals surface area contributed by atoms with E-state index in [1.807, 2.05) is 13.8 Å². The zero-order valence-corrected chi connectivity index (χ0v) is 9.90. The molecule has 0 amide bonds. The molecule has 1 aliphatic rings. The van der Waals surface area contributed by atoms with E-state index in [0.29, 0.717) is 13.2 Å². The van der Waals surface area contributed by atoms with E-state index in [1.54, 1.807) is 0 Å². The van der Waals surface area contributed by atoms with Crippen molar-refractivity contribution in [2.24, 2.45) is 5.92 Å². The maximum Gasteiger partial charge on any atom is 0.310 e. The number of hydrogen-bond donors (Lipinski definition) is 1. The minimum atomic E-state index is -0.762. The summed E-state index contributed by atoms with van der Waals surface area (Å²) in [5, 5.41) is 9.07. The monoisotopic (exact) mass is 225 g/mol. The Morgan fingerprint density at radius 3 is 2.88 bits per heavy atom. The molecule has 0 aliphatic carbocycles. The van der Waals surface area contributed by atoms with Gasteiger partial charge in [0.15, 0.2) is 0 Å². The van der Waals surface area contributed by atoms with Gasteiger partial charge in [-0.15, -0.1) is 11.8 Å². The highest BCUT2D eigenvalue weighted by Gasteiger charge is 2.37. The van der Waals surface area contributed by atoms with Crippen molar-refractivity contribution >= 4 is 5.97 Å². The van der Waals surface area contributed by atoms with Gasteiger partial charge in [-0.1, -0.05) is 6.92 Å². The van der Waals surface area contributed by atoms with E-state index in [-0.39, 0.29) is 6.04 Å². The van der Waals surface area contributed by atoms with E-state index in [1.165, 1.54) is 0 Å². The van der Waals surface area contributed by atoms with Crippen LogP contribution in [0.3, 0.4) is 0 Å². The molecule has 1 fully saturated rings. The molecule has 1 heterocycles.